The fraction of sp³-hybridized carbons (Fsp3) is 1.00. The van der Waals surface area contributed by atoms with Crippen LogP contribution in [-0.2, 0) is 10.0 Å². The van der Waals surface area contributed by atoms with Gasteiger partial charge in [-0.3, -0.25) is 0 Å². The largest absolute Gasteiger partial charge is 0.329 e. The molecule has 0 bridgehead atoms. The van der Waals surface area contributed by atoms with E-state index in [2.05, 4.69) is 11.6 Å². The number of rotatable bonds is 4. The lowest BCUT2D eigenvalue weighted by atomic mass is 9.77. The molecule has 0 aromatic heterocycles. The molecule has 3 N–H and O–H groups in total. The summed E-state index contributed by atoms with van der Waals surface area (Å²) in [6, 6.07) is 0. The highest BCUT2D eigenvalue weighted by Crippen LogP contribution is 2.34. The molecule has 0 aliphatic heterocycles. The average Bonchev–Trinajstić information content (AvgIpc) is 2.82. The summed E-state index contributed by atoms with van der Waals surface area (Å²) in [6.45, 7) is 2.61. The molecule has 2 saturated carbocycles. The van der Waals surface area contributed by atoms with Crippen molar-refractivity contribution in [3.8, 4) is 0 Å². The second kappa shape index (κ2) is 5.47. The molecule has 106 valence electrons. The SMILES string of the molecule is CC1CCCC(CN)(NS(=O)(=O)C2CCCC2)C1. The topological polar surface area (TPSA) is 72.2 Å². The van der Waals surface area contributed by atoms with Crippen LogP contribution in [0.5, 0.6) is 0 Å². The fourth-order valence-corrected chi connectivity index (χ4v) is 5.56. The summed E-state index contributed by atoms with van der Waals surface area (Å²) in [5.74, 6) is 0.563. The minimum Gasteiger partial charge on any atom is -0.329 e. The van der Waals surface area contributed by atoms with Gasteiger partial charge in [0.1, 0.15) is 0 Å². The Morgan fingerprint density at radius 1 is 1.22 bits per heavy atom. The first-order valence-corrected chi connectivity index (χ1v) is 8.75. The van der Waals surface area contributed by atoms with Gasteiger partial charge in [-0.15, -0.1) is 0 Å². The number of nitrogens with two attached hydrogens (primary N) is 1. The van der Waals surface area contributed by atoms with E-state index in [0.29, 0.717) is 12.5 Å². The Hall–Kier alpha value is -0.130. The van der Waals surface area contributed by atoms with Crippen molar-refractivity contribution in [1.29, 1.82) is 0 Å². The van der Waals surface area contributed by atoms with Crippen LogP contribution in [0.4, 0.5) is 0 Å². The number of hydrogen-bond donors (Lipinski definition) is 2. The highest BCUT2D eigenvalue weighted by molar-refractivity contribution is 7.90. The van der Waals surface area contributed by atoms with Gasteiger partial charge in [0.05, 0.1) is 5.25 Å². The van der Waals surface area contributed by atoms with E-state index in [1.54, 1.807) is 0 Å². The van der Waals surface area contributed by atoms with Gasteiger partial charge in [0.2, 0.25) is 10.0 Å². The molecule has 4 nitrogen and oxygen atoms in total. The van der Waals surface area contributed by atoms with Crippen molar-refractivity contribution >= 4 is 10.0 Å². The molecule has 2 aliphatic carbocycles. The molecule has 0 saturated heterocycles. The number of hydrogen-bond acceptors (Lipinski definition) is 3. The van der Waals surface area contributed by atoms with E-state index in [4.69, 9.17) is 5.73 Å². The summed E-state index contributed by atoms with van der Waals surface area (Å²) in [5, 5.41) is -0.182. The predicted molar refractivity (Wildman–Crippen MR) is 73.7 cm³/mol. The van der Waals surface area contributed by atoms with Crippen LogP contribution in [0.3, 0.4) is 0 Å². The maximum atomic E-state index is 12.4. The summed E-state index contributed by atoms with van der Waals surface area (Å²) < 4.78 is 27.8. The summed E-state index contributed by atoms with van der Waals surface area (Å²) in [5.41, 5.74) is 5.50. The van der Waals surface area contributed by atoms with Crippen molar-refractivity contribution in [3.05, 3.63) is 0 Å². The maximum absolute atomic E-state index is 12.4. The zero-order chi connectivity index (χ0) is 13.2. The zero-order valence-corrected chi connectivity index (χ0v) is 12.1. The third kappa shape index (κ3) is 3.06. The number of sulfonamides is 1. The van der Waals surface area contributed by atoms with Crippen LogP contribution in [0, 0.1) is 5.92 Å². The Bertz CT molecular complexity index is 376. The molecule has 2 fully saturated rings. The van der Waals surface area contributed by atoms with Gasteiger partial charge in [0, 0.05) is 12.1 Å². The van der Waals surface area contributed by atoms with E-state index in [1.165, 1.54) is 6.42 Å². The molecule has 18 heavy (non-hydrogen) atoms. The van der Waals surface area contributed by atoms with E-state index in [9.17, 15) is 8.42 Å². The van der Waals surface area contributed by atoms with Crippen molar-refractivity contribution in [3.63, 3.8) is 0 Å². The standard InChI is InChI=1S/C13H26N2O2S/c1-11-5-4-8-13(9-11,10-14)15-18(16,17)12-6-2-3-7-12/h11-12,15H,2-10,14H2,1H3. The molecule has 0 aromatic carbocycles. The van der Waals surface area contributed by atoms with E-state index < -0.39 is 10.0 Å². The van der Waals surface area contributed by atoms with Gasteiger partial charge in [0.25, 0.3) is 0 Å². The second-order valence-corrected chi connectivity index (χ2v) is 8.20. The van der Waals surface area contributed by atoms with Crippen LogP contribution in [0.25, 0.3) is 0 Å². The van der Waals surface area contributed by atoms with E-state index in [0.717, 1.165) is 44.9 Å². The van der Waals surface area contributed by atoms with Crippen molar-refractivity contribution in [2.75, 3.05) is 6.54 Å². The van der Waals surface area contributed by atoms with Gasteiger partial charge < -0.3 is 5.73 Å². The predicted octanol–water partition coefficient (Wildman–Crippen LogP) is 1.76. The van der Waals surface area contributed by atoms with Gasteiger partial charge >= 0.3 is 0 Å². The molecule has 0 aromatic rings. The lowest BCUT2D eigenvalue weighted by Gasteiger charge is -2.40. The first-order chi connectivity index (χ1) is 8.47. The smallest absolute Gasteiger partial charge is 0.215 e. The van der Waals surface area contributed by atoms with Crippen LogP contribution in [0.15, 0.2) is 0 Å². The van der Waals surface area contributed by atoms with Crippen LogP contribution in [0.1, 0.15) is 58.3 Å². The molecule has 0 heterocycles. The van der Waals surface area contributed by atoms with Crippen LogP contribution < -0.4 is 10.5 Å². The van der Waals surface area contributed by atoms with Gasteiger partial charge in [-0.2, -0.15) is 0 Å². The molecule has 2 unspecified atom stereocenters. The molecular weight excluding hydrogens is 248 g/mol. The third-order valence-corrected chi connectivity index (χ3v) is 6.65. The van der Waals surface area contributed by atoms with E-state index in [-0.39, 0.29) is 10.8 Å². The highest BCUT2D eigenvalue weighted by Gasteiger charge is 2.40. The minimum atomic E-state index is -3.18. The van der Waals surface area contributed by atoms with Crippen molar-refractivity contribution in [2.45, 2.75) is 69.1 Å². The van der Waals surface area contributed by atoms with Gasteiger partial charge in [-0.1, -0.05) is 32.6 Å². The quantitative estimate of drug-likeness (QED) is 0.820. The fourth-order valence-electron chi connectivity index (χ4n) is 3.56. The van der Waals surface area contributed by atoms with Gasteiger partial charge in [-0.25, -0.2) is 13.1 Å². The zero-order valence-electron chi connectivity index (χ0n) is 11.3. The summed E-state index contributed by atoms with van der Waals surface area (Å²) in [7, 11) is -3.18. The second-order valence-electron chi connectivity index (χ2n) is 6.24. The van der Waals surface area contributed by atoms with Crippen molar-refractivity contribution in [1.82, 2.24) is 4.72 Å². The Kier molecular flexibility index (Phi) is 4.34. The van der Waals surface area contributed by atoms with E-state index >= 15 is 0 Å². The molecule has 2 rings (SSSR count). The Morgan fingerprint density at radius 3 is 2.44 bits per heavy atom. The maximum Gasteiger partial charge on any atom is 0.215 e. The van der Waals surface area contributed by atoms with Crippen LogP contribution in [0.2, 0.25) is 0 Å². The normalized spacial score (nSPS) is 34.9. The Balaban J connectivity index is 2.09. The van der Waals surface area contributed by atoms with Crippen molar-refractivity contribution < 1.29 is 8.42 Å². The number of nitrogens with one attached hydrogen (secondary N) is 1. The molecule has 2 atom stereocenters. The molecule has 5 heteroatoms. The first-order valence-electron chi connectivity index (χ1n) is 7.20. The van der Waals surface area contributed by atoms with Gasteiger partial charge in [-0.05, 0) is 31.6 Å². The summed E-state index contributed by atoms with van der Waals surface area (Å²) >= 11 is 0. The van der Waals surface area contributed by atoms with Crippen molar-refractivity contribution in [2.24, 2.45) is 11.7 Å². The summed E-state index contributed by atoms with van der Waals surface area (Å²) in [4.78, 5) is 0. The van der Waals surface area contributed by atoms with Gasteiger partial charge in [0.15, 0.2) is 0 Å². The van der Waals surface area contributed by atoms with E-state index in [1.807, 2.05) is 0 Å². The Morgan fingerprint density at radius 2 is 1.89 bits per heavy atom. The average molecular weight is 274 g/mol. The first kappa shape index (κ1) is 14.3. The van der Waals surface area contributed by atoms with Crippen LogP contribution in [-0.4, -0.2) is 25.8 Å². The lowest BCUT2D eigenvalue weighted by Crippen LogP contribution is -2.57. The minimum absolute atomic E-state index is 0.182. The third-order valence-electron chi connectivity index (χ3n) is 4.58. The monoisotopic (exact) mass is 274 g/mol. The molecule has 0 radical (unpaired) electrons. The molecular formula is C13H26N2O2S. The molecule has 0 amide bonds. The molecule has 2 aliphatic rings. The Labute approximate surface area is 111 Å². The lowest BCUT2D eigenvalue weighted by molar-refractivity contribution is 0.222. The highest BCUT2D eigenvalue weighted by atomic mass is 32.2. The summed E-state index contributed by atoms with van der Waals surface area (Å²) in [6.07, 6.45) is 7.74. The van der Waals surface area contributed by atoms with Crippen LogP contribution >= 0.6 is 0 Å². The molecule has 0 spiro atoms.